The lowest BCUT2D eigenvalue weighted by Gasteiger charge is -2.28. The first-order valence-corrected chi connectivity index (χ1v) is 8.47. The van der Waals surface area contributed by atoms with Crippen molar-refractivity contribution in [2.75, 3.05) is 0 Å². The van der Waals surface area contributed by atoms with Crippen LogP contribution in [0.1, 0.15) is 36.0 Å². The maximum Gasteiger partial charge on any atom is 0.229 e. The Kier molecular flexibility index (Phi) is 3.54. The molecule has 0 saturated heterocycles. The zero-order valence-electron chi connectivity index (χ0n) is 11.7. The average Bonchev–Trinajstić information content (AvgIpc) is 2.83. The summed E-state index contributed by atoms with van der Waals surface area (Å²) in [6.07, 6.45) is 1.62. The van der Waals surface area contributed by atoms with Gasteiger partial charge in [-0.2, -0.15) is 4.98 Å². The monoisotopic (exact) mass is 307 g/mol. The van der Waals surface area contributed by atoms with Gasteiger partial charge < -0.3 is 10.3 Å². The van der Waals surface area contributed by atoms with Gasteiger partial charge in [-0.1, -0.05) is 22.9 Å². The number of aromatic nitrogens is 2. The van der Waals surface area contributed by atoms with Gasteiger partial charge in [-0.25, -0.2) is 8.42 Å². The zero-order chi connectivity index (χ0) is 15.0. The molecule has 1 heterocycles. The molecule has 1 fully saturated rings. The van der Waals surface area contributed by atoms with Crippen molar-refractivity contribution >= 4 is 9.84 Å². The van der Waals surface area contributed by atoms with Crippen LogP contribution in [0.15, 0.2) is 33.7 Å². The number of benzene rings is 1. The van der Waals surface area contributed by atoms with Gasteiger partial charge in [-0.15, -0.1) is 0 Å². The van der Waals surface area contributed by atoms with Gasteiger partial charge in [0.05, 0.1) is 4.90 Å². The molecule has 7 heteroatoms. The molecule has 0 radical (unpaired) electrons. The van der Waals surface area contributed by atoms with Gasteiger partial charge in [0.2, 0.25) is 5.89 Å². The molecule has 1 aromatic heterocycles. The second-order valence-corrected chi connectivity index (χ2v) is 7.54. The van der Waals surface area contributed by atoms with Crippen LogP contribution in [0.3, 0.4) is 0 Å². The molecule has 0 atom stereocenters. The van der Waals surface area contributed by atoms with Crippen LogP contribution in [0.25, 0.3) is 0 Å². The van der Waals surface area contributed by atoms with Gasteiger partial charge in [0.15, 0.2) is 15.7 Å². The summed E-state index contributed by atoms with van der Waals surface area (Å²) in [6, 6.07) is 6.91. The number of hydrogen-bond donors (Lipinski definition) is 1. The average molecular weight is 307 g/mol. The highest BCUT2D eigenvalue weighted by molar-refractivity contribution is 7.90. The number of rotatable bonds is 4. The van der Waals surface area contributed by atoms with Gasteiger partial charge in [-0.3, -0.25) is 0 Å². The lowest BCUT2D eigenvalue weighted by atomic mass is 9.81. The van der Waals surface area contributed by atoms with Crippen LogP contribution in [-0.2, 0) is 15.6 Å². The van der Waals surface area contributed by atoms with Crippen LogP contribution in [0.4, 0.5) is 0 Å². The molecule has 2 N–H and O–H groups in total. The third-order valence-corrected chi connectivity index (χ3v) is 5.34. The van der Waals surface area contributed by atoms with Crippen molar-refractivity contribution in [2.45, 2.75) is 42.4 Å². The Morgan fingerprint density at radius 3 is 2.57 bits per heavy atom. The largest absolute Gasteiger partial charge is 0.339 e. The fourth-order valence-corrected chi connectivity index (χ4v) is 3.53. The van der Waals surface area contributed by atoms with Crippen LogP contribution in [0.5, 0.6) is 0 Å². The number of hydrogen-bond acceptors (Lipinski definition) is 6. The molecule has 0 spiro atoms. The molecule has 3 rings (SSSR count). The maximum atomic E-state index is 12.3. The number of nitrogens with zero attached hydrogens (tertiary/aromatic N) is 2. The van der Waals surface area contributed by atoms with E-state index in [1.807, 2.05) is 6.92 Å². The fourth-order valence-electron chi connectivity index (χ4n) is 2.35. The normalized spacial score (nSPS) is 22.0. The Labute approximate surface area is 123 Å². The van der Waals surface area contributed by atoms with Crippen LogP contribution in [-0.4, -0.2) is 24.6 Å². The summed E-state index contributed by atoms with van der Waals surface area (Å²) in [5, 5.41) is 3.77. The summed E-state index contributed by atoms with van der Waals surface area (Å²) >= 11 is 0. The molecule has 0 bridgehead atoms. The molecule has 2 aromatic rings. The van der Waals surface area contributed by atoms with Gasteiger partial charge in [0.1, 0.15) is 5.75 Å². The van der Waals surface area contributed by atoms with Crippen LogP contribution < -0.4 is 5.73 Å². The van der Waals surface area contributed by atoms with E-state index < -0.39 is 9.84 Å². The summed E-state index contributed by atoms with van der Waals surface area (Å²) in [6.45, 7) is 1.91. The molecule has 21 heavy (non-hydrogen) atoms. The first-order valence-electron chi connectivity index (χ1n) is 6.81. The van der Waals surface area contributed by atoms with Crippen molar-refractivity contribution in [3.8, 4) is 0 Å². The second-order valence-electron chi connectivity index (χ2n) is 5.55. The molecule has 0 unspecified atom stereocenters. The Bertz CT molecular complexity index is 731. The zero-order valence-corrected chi connectivity index (χ0v) is 12.5. The lowest BCUT2D eigenvalue weighted by molar-refractivity contribution is 0.264. The van der Waals surface area contributed by atoms with E-state index in [2.05, 4.69) is 10.1 Å². The van der Waals surface area contributed by atoms with E-state index in [4.69, 9.17) is 10.3 Å². The molecule has 0 amide bonds. The Balaban J connectivity index is 1.75. The minimum absolute atomic E-state index is 0.170. The van der Waals surface area contributed by atoms with Crippen molar-refractivity contribution in [2.24, 2.45) is 5.73 Å². The van der Waals surface area contributed by atoms with Gasteiger partial charge in [-0.05, 0) is 31.9 Å². The number of nitrogens with two attached hydrogens (primary N) is 1. The van der Waals surface area contributed by atoms with Crippen molar-refractivity contribution < 1.29 is 12.9 Å². The molecule has 1 aliphatic carbocycles. The Hall–Kier alpha value is -1.73. The summed E-state index contributed by atoms with van der Waals surface area (Å²) in [7, 11) is -3.45. The third-order valence-electron chi connectivity index (χ3n) is 3.71. The Morgan fingerprint density at radius 2 is 1.95 bits per heavy atom. The quantitative estimate of drug-likeness (QED) is 0.920. The van der Waals surface area contributed by atoms with Crippen molar-refractivity contribution in [3.05, 3.63) is 41.5 Å². The SMILES string of the molecule is Cc1ccc(S(=O)(=O)Cc2noc(C3CC(N)C3)n2)cc1. The minimum Gasteiger partial charge on any atom is -0.339 e. The second kappa shape index (κ2) is 5.23. The van der Waals surface area contributed by atoms with E-state index in [0.717, 1.165) is 18.4 Å². The van der Waals surface area contributed by atoms with E-state index in [1.54, 1.807) is 24.3 Å². The summed E-state index contributed by atoms with van der Waals surface area (Å²) in [4.78, 5) is 4.45. The predicted octanol–water partition coefficient (Wildman–Crippen LogP) is 1.56. The topological polar surface area (TPSA) is 99.1 Å². The molecular weight excluding hydrogens is 290 g/mol. The lowest BCUT2D eigenvalue weighted by Crippen LogP contribution is -2.34. The molecule has 1 saturated carbocycles. The molecule has 112 valence electrons. The smallest absolute Gasteiger partial charge is 0.229 e. The number of aryl methyl sites for hydroxylation is 1. The number of sulfone groups is 1. The highest BCUT2D eigenvalue weighted by Crippen LogP contribution is 2.34. The van der Waals surface area contributed by atoms with Gasteiger partial charge in [0.25, 0.3) is 0 Å². The van der Waals surface area contributed by atoms with E-state index in [1.165, 1.54) is 0 Å². The van der Waals surface area contributed by atoms with E-state index in [0.29, 0.717) is 5.89 Å². The van der Waals surface area contributed by atoms with Gasteiger partial charge >= 0.3 is 0 Å². The highest BCUT2D eigenvalue weighted by Gasteiger charge is 2.32. The Morgan fingerprint density at radius 1 is 1.29 bits per heavy atom. The standard InChI is InChI=1S/C14H17N3O3S/c1-9-2-4-12(5-3-9)21(18,19)8-13-16-14(20-17-13)10-6-11(15)7-10/h2-5,10-11H,6-8,15H2,1H3. The van der Waals surface area contributed by atoms with E-state index in [-0.39, 0.29) is 28.4 Å². The molecule has 0 aliphatic heterocycles. The van der Waals surface area contributed by atoms with E-state index in [9.17, 15) is 8.42 Å². The first-order chi connectivity index (χ1) is 9.94. The molecular formula is C14H17N3O3S. The molecule has 1 aromatic carbocycles. The van der Waals surface area contributed by atoms with E-state index >= 15 is 0 Å². The van der Waals surface area contributed by atoms with Crippen LogP contribution in [0.2, 0.25) is 0 Å². The highest BCUT2D eigenvalue weighted by atomic mass is 32.2. The molecule has 1 aliphatic rings. The van der Waals surface area contributed by atoms with Crippen molar-refractivity contribution in [1.82, 2.24) is 10.1 Å². The maximum absolute atomic E-state index is 12.3. The minimum atomic E-state index is -3.45. The third kappa shape index (κ3) is 2.98. The summed E-state index contributed by atoms with van der Waals surface area (Å²) in [5.74, 6) is 0.610. The first kappa shape index (κ1) is 14.2. The molecule has 6 nitrogen and oxygen atoms in total. The summed E-state index contributed by atoms with van der Waals surface area (Å²) in [5.41, 5.74) is 6.73. The summed E-state index contributed by atoms with van der Waals surface area (Å²) < 4.78 is 29.7. The van der Waals surface area contributed by atoms with Crippen molar-refractivity contribution in [3.63, 3.8) is 0 Å². The van der Waals surface area contributed by atoms with Crippen LogP contribution in [0, 0.1) is 6.92 Å². The predicted molar refractivity (Wildman–Crippen MR) is 76.3 cm³/mol. The van der Waals surface area contributed by atoms with Crippen LogP contribution >= 0.6 is 0 Å². The van der Waals surface area contributed by atoms with Crippen molar-refractivity contribution in [1.29, 1.82) is 0 Å². The fraction of sp³-hybridized carbons (Fsp3) is 0.429. The van der Waals surface area contributed by atoms with Gasteiger partial charge in [0, 0.05) is 12.0 Å².